The minimum absolute atomic E-state index is 0.928. The Hall–Kier alpha value is -1.28. The lowest BCUT2D eigenvalue weighted by Crippen LogP contribution is -2.02. The molecule has 1 aliphatic carbocycles. The average molecular weight is 215 g/mol. The van der Waals surface area contributed by atoms with Crippen molar-refractivity contribution in [3.05, 3.63) is 53.9 Å². The molecule has 0 spiro atoms. The Morgan fingerprint density at radius 2 is 2.00 bits per heavy atom. The summed E-state index contributed by atoms with van der Waals surface area (Å²) < 4.78 is 0. The average Bonchev–Trinajstić information content (AvgIpc) is 2.29. The molecule has 0 aliphatic heterocycles. The number of aryl methyl sites for hydroxylation is 1. The molecule has 2 heteroatoms. The van der Waals surface area contributed by atoms with Crippen LogP contribution in [0.5, 0.6) is 0 Å². The molecule has 1 aromatic rings. The highest BCUT2D eigenvalue weighted by Crippen LogP contribution is 2.16. The van der Waals surface area contributed by atoms with Gasteiger partial charge in [0.25, 0.3) is 0 Å². The normalized spacial score (nSPS) is 15.2. The molecule has 15 heavy (non-hydrogen) atoms. The van der Waals surface area contributed by atoms with Crippen molar-refractivity contribution in [2.45, 2.75) is 19.3 Å². The molecule has 0 N–H and O–H groups in total. The zero-order valence-corrected chi connectivity index (χ0v) is 9.33. The molecular weight excluding hydrogens is 202 g/mol. The first kappa shape index (κ1) is 10.2. The highest BCUT2D eigenvalue weighted by molar-refractivity contribution is 7.80. The van der Waals surface area contributed by atoms with Crippen molar-refractivity contribution in [1.29, 1.82) is 0 Å². The zero-order chi connectivity index (χ0) is 10.5. The van der Waals surface area contributed by atoms with Crippen LogP contribution in [0.4, 0.5) is 0 Å². The van der Waals surface area contributed by atoms with Gasteiger partial charge in [0, 0.05) is 23.7 Å². The lowest BCUT2D eigenvalue weighted by Gasteiger charge is -2.10. The molecule has 0 bridgehead atoms. The smallest absolute Gasteiger partial charge is 0.0270 e. The molecular formula is C13H13NS. The zero-order valence-electron chi connectivity index (χ0n) is 8.52. The van der Waals surface area contributed by atoms with Gasteiger partial charge in [-0.25, -0.2) is 0 Å². The van der Waals surface area contributed by atoms with Gasteiger partial charge in [-0.05, 0) is 36.1 Å². The minimum Gasteiger partial charge on any atom is -0.265 e. The summed E-state index contributed by atoms with van der Waals surface area (Å²) in [6, 6.07) is 4.12. The van der Waals surface area contributed by atoms with Gasteiger partial charge in [0.1, 0.15) is 0 Å². The molecule has 1 nitrogen and oxygen atoms in total. The van der Waals surface area contributed by atoms with Gasteiger partial charge in [0.15, 0.2) is 0 Å². The number of nitrogens with zero attached hydrogens (tertiary/aromatic N) is 1. The Morgan fingerprint density at radius 1 is 1.20 bits per heavy atom. The Kier molecular flexibility index (Phi) is 3.41. The molecule has 0 aromatic carbocycles. The fourth-order valence-corrected chi connectivity index (χ4v) is 1.90. The van der Waals surface area contributed by atoms with E-state index in [9.17, 15) is 0 Å². The number of allylic oxidation sites excluding steroid dienone is 4. The summed E-state index contributed by atoms with van der Waals surface area (Å²) in [5, 5.41) is 0. The van der Waals surface area contributed by atoms with Crippen LogP contribution in [0, 0.1) is 0 Å². The van der Waals surface area contributed by atoms with Crippen LogP contribution in [0.15, 0.2) is 48.3 Å². The fraction of sp³-hybridized carbons (Fsp3) is 0.231. The second-order valence-electron chi connectivity index (χ2n) is 3.60. The van der Waals surface area contributed by atoms with E-state index < -0.39 is 0 Å². The Bertz CT molecular complexity index is 404. The number of thiocarbonyl (C=S) groups is 1. The van der Waals surface area contributed by atoms with Crippen LogP contribution in [-0.2, 0) is 6.42 Å². The largest absolute Gasteiger partial charge is 0.265 e. The molecule has 0 fully saturated rings. The van der Waals surface area contributed by atoms with E-state index in [0.717, 1.165) is 24.1 Å². The van der Waals surface area contributed by atoms with Gasteiger partial charge in [-0.1, -0.05) is 30.4 Å². The number of rotatable bonds is 3. The maximum atomic E-state index is 5.31. The molecule has 2 rings (SSSR count). The maximum Gasteiger partial charge on any atom is 0.0270 e. The highest BCUT2D eigenvalue weighted by atomic mass is 32.1. The van der Waals surface area contributed by atoms with Gasteiger partial charge in [0.2, 0.25) is 0 Å². The van der Waals surface area contributed by atoms with Crippen molar-refractivity contribution >= 4 is 17.1 Å². The monoisotopic (exact) mass is 215 g/mol. The Morgan fingerprint density at radius 3 is 2.73 bits per heavy atom. The van der Waals surface area contributed by atoms with Gasteiger partial charge >= 0.3 is 0 Å². The van der Waals surface area contributed by atoms with Crippen LogP contribution >= 0.6 is 12.2 Å². The molecule has 1 heterocycles. The van der Waals surface area contributed by atoms with E-state index in [4.69, 9.17) is 12.2 Å². The third kappa shape index (κ3) is 2.83. The second kappa shape index (κ2) is 4.99. The van der Waals surface area contributed by atoms with Gasteiger partial charge in [-0.2, -0.15) is 0 Å². The number of pyridine rings is 1. The number of hydrogen-bond acceptors (Lipinski definition) is 2. The topological polar surface area (TPSA) is 12.9 Å². The summed E-state index contributed by atoms with van der Waals surface area (Å²) in [4.78, 5) is 5.09. The molecule has 0 saturated carbocycles. The van der Waals surface area contributed by atoms with Crippen LogP contribution in [0.2, 0.25) is 0 Å². The van der Waals surface area contributed by atoms with Crippen LogP contribution in [-0.4, -0.2) is 9.85 Å². The van der Waals surface area contributed by atoms with Crippen molar-refractivity contribution < 1.29 is 0 Å². The van der Waals surface area contributed by atoms with Crippen LogP contribution < -0.4 is 0 Å². The van der Waals surface area contributed by atoms with E-state index in [1.807, 2.05) is 12.4 Å². The first-order valence-corrected chi connectivity index (χ1v) is 5.55. The lowest BCUT2D eigenvalue weighted by molar-refractivity contribution is 0.968. The maximum absolute atomic E-state index is 5.31. The third-order valence-electron chi connectivity index (χ3n) is 2.53. The summed E-state index contributed by atoms with van der Waals surface area (Å²) in [6.07, 6.45) is 13.0. The predicted molar refractivity (Wildman–Crippen MR) is 67.0 cm³/mol. The van der Waals surface area contributed by atoms with Gasteiger partial charge in [-0.3, -0.25) is 4.98 Å². The molecule has 1 aliphatic rings. The number of hydrogen-bond donors (Lipinski definition) is 0. The molecule has 1 aromatic heterocycles. The molecule has 0 saturated heterocycles. The second-order valence-corrected chi connectivity index (χ2v) is 4.10. The predicted octanol–water partition coefficient (Wildman–Crippen LogP) is 3.27. The standard InChI is InChI=1S/C13H13NS/c15-13-4-2-1-3-12(13)6-5-11-7-9-14-10-8-11/h1-3,7-10H,4-6H2. The third-order valence-corrected chi connectivity index (χ3v) is 2.96. The molecule has 0 amide bonds. The quantitative estimate of drug-likeness (QED) is 0.718. The van der Waals surface area contributed by atoms with Crippen LogP contribution in [0.3, 0.4) is 0 Å². The van der Waals surface area contributed by atoms with E-state index >= 15 is 0 Å². The molecule has 0 unspecified atom stereocenters. The van der Waals surface area contributed by atoms with Crippen molar-refractivity contribution in [3.63, 3.8) is 0 Å². The van der Waals surface area contributed by atoms with E-state index in [1.165, 1.54) is 11.1 Å². The lowest BCUT2D eigenvalue weighted by atomic mass is 9.98. The fourth-order valence-electron chi connectivity index (χ4n) is 1.63. The van der Waals surface area contributed by atoms with E-state index in [2.05, 4.69) is 35.3 Å². The Balaban J connectivity index is 1.96. The summed E-state index contributed by atoms with van der Waals surface area (Å²) >= 11 is 5.31. The molecule has 76 valence electrons. The summed E-state index contributed by atoms with van der Waals surface area (Å²) in [6.45, 7) is 0. The van der Waals surface area contributed by atoms with Gasteiger partial charge < -0.3 is 0 Å². The van der Waals surface area contributed by atoms with Gasteiger partial charge in [-0.15, -0.1) is 0 Å². The van der Waals surface area contributed by atoms with Crippen LogP contribution in [0.25, 0.3) is 0 Å². The van der Waals surface area contributed by atoms with E-state index in [0.29, 0.717) is 0 Å². The summed E-state index contributed by atoms with van der Waals surface area (Å²) in [7, 11) is 0. The minimum atomic E-state index is 0.928. The van der Waals surface area contributed by atoms with E-state index in [-0.39, 0.29) is 0 Å². The molecule has 0 atom stereocenters. The van der Waals surface area contributed by atoms with Crippen LogP contribution in [0.1, 0.15) is 18.4 Å². The van der Waals surface area contributed by atoms with Crippen molar-refractivity contribution in [2.24, 2.45) is 0 Å². The first-order chi connectivity index (χ1) is 7.36. The summed E-state index contributed by atoms with van der Waals surface area (Å²) in [5.74, 6) is 0. The van der Waals surface area contributed by atoms with Crippen molar-refractivity contribution in [3.8, 4) is 0 Å². The van der Waals surface area contributed by atoms with Crippen molar-refractivity contribution in [1.82, 2.24) is 4.98 Å². The van der Waals surface area contributed by atoms with Crippen molar-refractivity contribution in [2.75, 3.05) is 0 Å². The first-order valence-electron chi connectivity index (χ1n) is 5.14. The summed E-state index contributed by atoms with van der Waals surface area (Å²) in [5.41, 5.74) is 2.63. The highest BCUT2D eigenvalue weighted by Gasteiger charge is 2.06. The SMILES string of the molecule is S=C1CC=CC=C1CCc1ccncc1. The van der Waals surface area contributed by atoms with E-state index in [1.54, 1.807) is 0 Å². The Labute approximate surface area is 95.5 Å². The number of aromatic nitrogens is 1. The molecule has 0 radical (unpaired) electrons. The van der Waals surface area contributed by atoms with Gasteiger partial charge in [0.05, 0.1) is 0 Å².